The van der Waals surface area contributed by atoms with Gasteiger partial charge in [-0.2, -0.15) is 0 Å². The van der Waals surface area contributed by atoms with Crippen molar-refractivity contribution in [3.8, 4) is 0 Å². The molecule has 0 saturated heterocycles. The quantitative estimate of drug-likeness (QED) is 0.0527. The molecule has 1 unspecified atom stereocenters. The predicted octanol–water partition coefficient (Wildman–Crippen LogP) is 38.5. The summed E-state index contributed by atoms with van der Waals surface area (Å²) in [5.41, 5.74) is 21.9. The minimum atomic E-state index is -1.87. The Bertz CT molecular complexity index is 2170. The van der Waals surface area contributed by atoms with E-state index in [2.05, 4.69) is 136 Å². The van der Waals surface area contributed by atoms with Gasteiger partial charge in [0.1, 0.15) is 0 Å². The first-order valence-electron chi connectivity index (χ1n) is 39.2. The third-order valence-corrected chi connectivity index (χ3v) is 25.7. The van der Waals surface area contributed by atoms with Gasteiger partial charge in [0, 0.05) is 77.5 Å². The highest BCUT2D eigenvalue weighted by atomic mass is 35.5. The number of methoxy groups -OCH3 is 1. The molecule has 18 heteroatoms. The van der Waals surface area contributed by atoms with Crippen molar-refractivity contribution in [3.05, 3.63) is 162 Å². The second-order valence-electron chi connectivity index (χ2n) is 27.5. The van der Waals surface area contributed by atoms with Crippen molar-refractivity contribution in [1.82, 2.24) is 0 Å². The summed E-state index contributed by atoms with van der Waals surface area (Å²) in [6.07, 6.45) is 68.6. The van der Waals surface area contributed by atoms with E-state index in [9.17, 15) is 4.79 Å². The van der Waals surface area contributed by atoms with Gasteiger partial charge in [0.05, 0.1) is 19.1 Å². The molecule has 0 aromatic heterocycles. The Morgan fingerprint density at radius 1 is 0.462 bits per heavy atom. The van der Waals surface area contributed by atoms with Crippen molar-refractivity contribution in [2.45, 2.75) is 333 Å². The molecule has 0 bridgehead atoms. The van der Waals surface area contributed by atoms with Gasteiger partial charge in [-0.3, -0.25) is 4.79 Å². The van der Waals surface area contributed by atoms with Crippen LogP contribution in [0.5, 0.6) is 0 Å². The van der Waals surface area contributed by atoms with E-state index in [1.165, 1.54) is 247 Å². The SMILES string of the molecule is CC(C)(C)[Si](C)(C)O[C@@]1(C/C=C\Cl)CC[C@H]2[C@@H]3CCC4=CCCC[C@@H]4[C@H]3CC[C@@]21C.CC/C=C\CC.CC/C=C\Cl.CC/C=C\Cl.CC/C=C\Cl.CC/C=C\Cl.CCCCCC.CCCCCC.COC(=O)C/C=C\Cl.Cl/C=C\C1CC=CCC1.Cl/C=C\C1CCCCC1.Cl/C=C\Cl.Cl/C=C\Cl.Cl/C=C\Cl. The summed E-state index contributed by atoms with van der Waals surface area (Å²) >= 11 is 71.8. The number of carbonyl (C=O) groups excluding carboxylic acids is 1. The second-order valence-corrected chi connectivity index (χ2v) is 35.7. The number of halogens is 14. The normalized spacial score (nSPS) is 21.5. The van der Waals surface area contributed by atoms with Crippen LogP contribution < -0.4 is 0 Å². The van der Waals surface area contributed by atoms with Crippen molar-refractivity contribution in [3.63, 3.8) is 0 Å². The third-order valence-electron chi connectivity index (χ3n) is 18.7. The summed E-state index contributed by atoms with van der Waals surface area (Å²) in [5.74, 6) is 4.80. The van der Waals surface area contributed by atoms with Crippen molar-refractivity contribution < 1.29 is 14.0 Å². The van der Waals surface area contributed by atoms with Crippen LogP contribution in [0.3, 0.4) is 0 Å². The molecule has 0 spiro atoms. The molecular formula is C88H150Cl14O3Si. The molecule has 0 radical (unpaired) electrons. The molecule has 0 aromatic rings. The molecule has 4 saturated carbocycles. The summed E-state index contributed by atoms with van der Waals surface area (Å²) in [4.78, 5) is 10.2. The average molecular weight is 1780 g/mol. The highest BCUT2D eigenvalue weighted by Crippen LogP contribution is 2.67. The lowest BCUT2D eigenvalue weighted by molar-refractivity contribution is -0.139. The van der Waals surface area contributed by atoms with E-state index in [-0.39, 0.29) is 28.4 Å². The summed E-state index contributed by atoms with van der Waals surface area (Å²) < 4.78 is 11.7. The number of rotatable bonds is 20. The molecule has 7 atom stereocenters. The van der Waals surface area contributed by atoms with Gasteiger partial charge in [-0.15, -0.1) is 0 Å². The molecule has 0 aliphatic heterocycles. The number of allylic oxidation sites excluding steroid dienone is 12. The Hall–Kier alpha value is 0.0669. The Balaban J connectivity index is -0.000000178. The van der Waals surface area contributed by atoms with E-state index in [1.807, 2.05) is 57.6 Å². The van der Waals surface area contributed by atoms with Crippen LogP contribution in [-0.2, 0) is 14.0 Å². The number of hydrogen-bond donors (Lipinski definition) is 0. The average Bonchev–Trinajstić information content (AvgIpc) is 1.52. The Kier molecular flexibility index (Phi) is 108. The minimum Gasteiger partial charge on any atom is -0.469 e. The fourth-order valence-corrected chi connectivity index (χ4v) is 15.3. The molecule has 6 aliphatic rings. The van der Waals surface area contributed by atoms with Crippen LogP contribution in [-0.4, -0.2) is 27.0 Å². The van der Waals surface area contributed by atoms with E-state index < -0.39 is 8.32 Å². The maximum Gasteiger partial charge on any atom is 0.309 e. The minimum absolute atomic E-state index is 0.0281. The van der Waals surface area contributed by atoms with Crippen LogP contribution in [0.2, 0.25) is 18.1 Å². The molecule has 6 rings (SSSR count). The van der Waals surface area contributed by atoms with Gasteiger partial charge in [0.2, 0.25) is 0 Å². The standard InChI is InChI=1S/C27H45ClOSi.C8H13Cl.C8H11Cl.2C6H14.C6H12.C5H7ClO2.4C4H7Cl.3C2H2Cl2/c1-25(2,3)30(5,6)29-27(16-9-19-28)18-15-24-23-13-12-20-10-7-8-11-21(20)22(23)14-17-26(24,27)4;2*9-7-6-8-4-2-1-3-5-8;3*1-3-5-6-4-2;1-8-5(7)3-2-4-6;4*1-2-3-4-5;3*3-1-2-4/h9-10,19,21-24H,7-8,11-18H2,1-6H3;6-8H,1-5H2;1-2,6-8H,3-5H2;2*3-6H2,1-2H3;5-6H,3-4H2,1-2H3;2,4H,3H2,1H3;4*3-4H,2H2,1H3;3*1-2H/b19-9-;2*7-6-;;;6-5-;4-2-;4*4-3-;3*2-1-/t21-,22+,23+,24-,26-,27-;;;;;;;;;;;;;/m0............./s1. The first-order chi connectivity index (χ1) is 50.9. The maximum absolute atomic E-state index is 10.2. The lowest BCUT2D eigenvalue weighted by atomic mass is 9.50. The van der Waals surface area contributed by atoms with E-state index in [0.717, 1.165) is 61.7 Å². The molecule has 0 aromatic carbocycles. The first kappa shape index (κ1) is 122. The van der Waals surface area contributed by atoms with Gasteiger partial charge in [-0.05, 0) is 194 Å². The van der Waals surface area contributed by atoms with Crippen molar-refractivity contribution in [1.29, 1.82) is 0 Å². The van der Waals surface area contributed by atoms with Crippen molar-refractivity contribution in [2.75, 3.05) is 7.11 Å². The molecular weight excluding hydrogens is 1630 g/mol. The predicted molar refractivity (Wildman–Crippen MR) is 500 cm³/mol. The van der Waals surface area contributed by atoms with Crippen LogP contribution in [0.1, 0.15) is 309 Å². The fourth-order valence-electron chi connectivity index (χ4n) is 12.3. The van der Waals surface area contributed by atoms with Crippen molar-refractivity contribution >= 4 is 177 Å². The first-order valence-corrected chi connectivity index (χ1v) is 48.3. The van der Waals surface area contributed by atoms with Crippen LogP contribution in [0.15, 0.2) is 162 Å². The van der Waals surface area contributed by atoms with Gasteiger partial charge in [-0.25, -0.2) is 0 Å². The summed E-state index contributed by atoms with van der Waals surface area (Å²) in [5, 5.41) is 0.239. The van der Waals surface area contributed by atoms with Gasteiger partial charge in [0.25, 0.3) is 0 Å². The Labute approximate surface area is 726 Å². The summed E-state index contributed by atoms with van der Waals surface area (Å²) in [6.45, 7) is 36.0. The van der Waals surface area contributed by atoms with E-state index in [4.69, 9.17) is 167 Å². The summed E-state index contributed by atoms with van der Waals surface area (Å²) in [7, 11) is -0.536. The number of ether oxygens (including phenoxy) is 1. The molecule has 0 heterocycles. The van der Waals surface area contributed by atoms with Crippen molar-refractivity contribution in [2.24, 2.45) is 40.9 Å². The number of fused-ring (bicyclic) bond motifs is 5. The van der Waals surface area contributed by atoms with E-state index >= 15 is 0 Å². The van der Waals surface area contributed by atoms with Crippen LogP contribution in [0.4, 0.5) is 0 Å². The highest BCUT2D eigenvalue weighted by Gasteiger charge is 2.64. The maximum atomic E-state index is 10.2. The molecule has 4 fully saturated rings. The number of hydrogen-bond acceptors (Lipinski definition) is 3. The molecule has 0 N–H and O–H groups in total. The molecule has 6 aliphatic carbocycles. The van der Waals surface area contributed by atoms with Crippen LogP contribution in [0, 0.1) is 40.9 Å². The van der Waals surface area contributed by atoms with Crippen LogP contribution in [0.25, 0.3) is 0 Å². The lowest BCUT2D eigenvalue weighted by Gasteiger charge is -2.58. The van der Waals surface area contributed by atoms with Gasteiger partial charge in [0.15, 0.2) is 8.32 Å². The second kappa shape index (κ2) is 93.9. The molecule has 0 amide bonds. The molecule has 106 heavy (non-hydrogen) atoms. The van der Waals surface area contributed by atoms with Crippen LogP contribution >= 0.6 is 162 Å². The zero-order valence-electron chi connectivity index (χ0n) is 68.9. The molecule has 3 nitrogen and oxygen atoms in total. The van der Waals surface area contributed by atoms with Gasteiger partial charge >= 0.3 is 5.97 Å². The number of carbonyl (C=O) groups is 1. The van der Waals surface area contributed by atoms with Gasteiger partial charge < -0.3 is 9.16 Å². The largest absolute Gasteiger partial charge is 0.469 e. The molecule has 622 valence electrons. The zero-order chi connectivity index (χ0) is 82.5. The topological polar surface area (TPSA) is 35.5 Å². The number of esters is 1. The van der Waals surface area contributed by atoms with Gasteiger partial charge in [-0.1, -0.05) is 415 Å². The lowest BCUT2D eigenvalue weighted by Crippen LogP contribution is -2.58. The Morgan fingerprint density at radius 3 is 1.23 bits per heavy atom. The van der Waals surface area contributed by atoms with E-state index in [0.29, 0.717) is 5.92 Å². The summed E-state index contributed by atoms with van der Waals surface area (Å²) in [6, 6.07) is 0. The Morgan fingerprint density at radius 2 is 0.887 bits per heavy atom. The smallest absolute Gasteiger partial charge is 0.309 e. The fraction of sp³-hybridized carbons (Fsp3) is 0.670. The number of unbranched alkanes of at least 4 members (excludes halogenated alkanes) is 6. The highest BCUT2D eigenvalue weighted by molar-refractivity contribution is 6.74. The van der Waals surface area contributed by atoms with E-state index in [1.54, 1.807) is 16.6 Å². The monoisotopic (exact) mass is 1770 g/mol. The zero-order valence-corrected chi connectivity index (χ0v) is 80.5. The third kappa shape index (κ3) is 73.0.